The Labute approximate surface area is 111 Å². The van der Waals surface area contributed by atoms with Gasteiger partial charge < -0.3 is 10.8 Å². The Kier molecular flexibility index (Phi) is 4.64. The Hall–Kier alpha value is -0.160. The van der Waals surface area contributed by atoms with Crippen LogP contribution in [0.2, 0.25) is 0 Å². The van der Waals surface area contributed by atoms with Crippen LogP contribution in [0, 0.1) is 0 Å². The molecule has 0 amide bonds. The predicted molar refractivity (Wildman–Crippen MR) is 74.5 cm³/mol. The number of likely N-dealkylation sites (tertiary alicyclic amines) is 2. The van der Waals surface area contributed by atoms with Crippen LogP contribution in [0.3, 0.4) is 0 Å². The van der Waals surface area contributed by atoms with E-state index in [0.29, 0.717) is 6.04 Å². The molecule has 0 aromatic rings. The lowest BCUT2D eigenvalue weighted by atomic mass is 9.95. The molecule has 2 saturated heterocycles. The van der Waals surface area contributed by atoms with Gasteiger partial charge in [-0.25, -0.2) is 0 Å². The highest BCUT2D eigenvalue weighted by Crippen LogP contribution is 2.24. The van der Waals surface area contributed by atoms with Gasteiger partial charge in [0.15, 0.2) is 0 Å². The van der Waals surface area contributed by atoms with Gasteiger partial charge >= 0.3 is 0 Å². The number of hydrogen-bond donors (Lipinski definition) is 2. The highest BCUT2D eigenvalue weighted by Gasteiger charge is 2.33. The van der Waals surface area contributed by atoms with Crippen LogP contribution in [-0.4, -0.2) is 65.3 Å². The molecule has 3 unspecified atom stereocenters. The summed E-state index contributed by atoms with van der Waals surface area (Å²) in [5.41, 5.74) is 5.61. The van der Waals surface area contributed by atoms with Crippen LogP contribution >= 0.6 is 0 Å². The third kappa shape index (κ3) is 3.44. The number of rotatable bonds is 5. The third-order valence-electron chi connectivity index (χ3n) is 4.60. The van der Waals surface area contributed by atoms with Crippen LogP contribution in [0.1, 0.15) is 39.5 Å². The van der Waals surface area contributed by atoms with Gasteiger partial charge in [-0.1, -0.05) is 0 Å². The lowest BCUT2D eigenvalue weighted by Gasteiger charge is -2.32. The van der Waals surface area contributed by atoms with Crippen LogP contribution < -0.4 is 5.73 Å². The highest BCUT2D eigenvalue weighted by atomic mass is 16.3. The first-order valence-corrected chi connectivity index (χ1v) is 7.40. The van der Waals surface area contributed by atoms with Gasteiger partial charge in [-0.05, 0) is 52.6 Å². The summed E-state index contributed by atoms with van der Waals surface area (Å²) in [5.74, 6) is 0. The fourth-order valence-corrected chi connectivity index (χ4v) is 3.44. The van der Waals surface area contributed by atoms with Crippen molar-refractivity contribution in [1.29, 1.82) is 0 Å². The average molecular weight is 255 g/mol. The molecule has 2 aliphatic heterocycles. The number of aliphatic hydroxyl groups excluding tert-OH is 1. The van der Waals surface area contributed by atoms with Crippen molar-refractivity contribution in [2.45, 2.75) is 57.2 Å². The van der Waals surface area contributed by atoms with Crippen molar-refractivity contribution in [2.75, 3.05) is 32.8 Å². The molecule has 2 rings (SSSR count). The molecule has 18 heavy (non-hydrogen) atoms. The molecule has 0 saturated carbocycles. The maximum Gasteiger partial charge on any atom is 0.0609 e. The lowest BCUT2D eigenvalue weighted by Crippen LogP contribution is -2.47. The smallest absolute Gasteiger partial charge is 0.0609 e. The molecule has 0 bridgehead atoms. The summed E-state index contributed by atoms with van der Waals surface area (Å²) in [6, 6.07) is 1.23. The van der Waals surface area contributed by atoms with Crippen molar-refractivity contribution in [1.82, 2.24) is 9.80 Å². The minimum Gasteiger partial charge on any atom is -0.394 e. The molecule has 0 aliphatic carbocycles. The zero-order valence-electron chi connectivity index (χ0n) is 11.9. The fraction of sp³-hybridized carbons (Fsp3) is 1.00. The fourth-order valence-electron chi connectivity index (χ4n) is 3.44. The summed E-state index contributed by atoms with van der Waals surface area (Å²) in [6.07, 6.45) is 4.91. The van der Waals surface area contributed by atoms with Gasteiger partial charge in [-0.15, -0.1) is 0 Å². The van der Waals surface area contributed by atoms with E-state index in [0.717, 1.165) is 12.5 Å². The minimum absolute atomic E-state index is 0.0702. The second-order valence-electron chi connectivity index (χ2n) is 6.55. The topological polar surface area (TPSA) is 52.7 Å². The van der Waals surface area contributed by atoms with Crippen molar-refractivity contribution in [3.8, 4) is 0 Å². The second kappa shape index (κ2) is 5.87. The molecule has 0 spiro atoms. The van der Waals surface area contributed by atoms with Crippen molar-refractivity contribution in [3.63, 3.8) is 0 Å². The van der Waals surface area contributed by atoms with E-state index in [-0.39, 0.29) is 6.61 Å². The summed E-state index contributed by atoms with van der Waals surface area (Å²) >= 11 is 0. The van der Waals surface area contributed by atoms with Crippen molar-refractivity contribution >= 4 is 0 Å². The first-order chi connectivity index (χ1) is 8.52. The Bertz CT molecular complexity index is 264. The van der Waals surface area contributed by atoms with Gasteiger partial charge in [0.25, 0.3) is 0 Å². The number of nitrogens with zero attached hydrogens (tertiary/aromatic N) is 2. The van der Waals surface area contributed by atoms with E-state index in [1.807, 2.05) is 6.92 Å². The molecule has 2 aliphatic rings. The zero-order valence-corrected chi connectivity index (χ0v) is 11.9. The van der Waals surface area contributed by atoms with E-state index in [1.54, 1.807) is 0 Å². The lowest BCUT2D eigenvalue weighted by molar-refractivity contribution is 0.145. The van der Waals surface area contributed by atoms with Gasteiger partial charge in [0.1, 0.15) is 0 Å². The molecule has 4 heteroatoms. The van der Waals surface area contributed by atoms with Gasteiger partial charge in [0.05, 0.1) is 6.61 Å². The van der Waals surface area contributed by atoms with E-state index < -0.39 is 5.54 Å². The predicted octanol–water partition coefficient (Wildman–Crippen LogP) is 0.645. The van der Waals surface area contributed by atoms with E-state index in [4.69, 9.17) is 5.73 Å². The zero-order chi connectivity index (χ0) is 13.2. The van der Waals surface area contributed by atoms with E-state index >= 15 is 0 Å². The number of hydrogen-bond acceptors (Lipinski definition) is 4. The van der Waals surface area contributed by atoms with Crippen LogP contribution in [0.4, 0.5) is 0 Å². The highest BCUT2D eigenvalue weighted by molar-refractivity contribution is 4.90. The maximum absolute atomic E-state index is 9.26. The molecule has 4 nitrogen and oxygen atoms in total. The Morgan fingerprint density at radius 2 is 2.00 bits per heavy atom. The largest absolute Gasteiger partial charge is 0.394 e. The van der Waals surface area contributed by atoms with Crippen LogP contribution in [0.5, 0.6) is 0 Å². The summed E-state index contributed by atoms with van der Waals surface area (Å²) in [4.78, 5) is 5.20. The van der Waals surface area contributed by atoms with Gasteiger partial charge in [-0.2, -0.15) is 0 Å². The molecule has 106 valence electrons. The quantitative estimate of drug-likeness (QED) is 0.757. The number of aliphatic hydroxyl groups is 1. The summed E-state index contributed by atoms with van der Waals surface area (Å²) in [5, 5.41) is 9.26. The molecule has 0 radical (unpaired) electrons. The summed E-state index contributed by atoms with van der Waals surface area (Å²) in [6.45, 7) is 9.20. The SMILES string of the molecule is CC(CC(C)(N)CO)N1CCC(N2CCCC2)C1. The molecule has 3 atom stereocenters. The molecule has 0 aromatic carbocycles. The molecule has 0 aromatic heterocycles. The normalized spacial score (nSPS) is 31.7. The van der Waals surface area contributed by atoms with Gasteiger partial charge in [0.2, 0.25) is 0 Å². The van der Waals surface area contributed by atoms with Crippen molar-refractivity contribution < 1.29 is 5.11 Å². The molecule has 3 N–H and O–H groups in total. The second-order valence-corrected chi connectivity index (χ2v) is 6.55. The Balaban J connectivity index is 1.80. The van der Waals surface area contributed by atoms with Crippen molar-refractivity contribution in [3.05, 3.63) is 0 Å². The van der Waals surface area contributed by atoms with Gasteiger partial charge in [0, 0.05) is 30.7 Å². The van der Waals surface area contributed by atoms with Crippen LogP contribution in [-0.2, 0) is 0 Å². The van der Waals surface area contributed by atoms with E-state index in [1.165, 1.54) is 45.4 Å². The molecule has 2 heterocycles. The Morgan fingerprint density at radius 3 is 2.61 bits per heavy atom. The average Bonchev–Trinajstić information content (AvgIpc) is 2.99. The molecular formula is C14H29N3O. The molecular weight excluding hydrogens is 226 g/mol. The van der Waals surface area contributed by atoms with E-state index in [9.17, 15) is 5.11 Å². The third-order valence-corrected chi connectivity index (χ3v) is 4.60. The summed E-state index contributed by atoms with van der Waals surface area (Å²) < 4.78 is 0. The first-order valence-electron chi connectivity index (χ1n) is 7.40. The minimum atomic E-state index is -0.439. The van der Waals surface area contributed by atoms with E-state index in [2.05, 4.69) is 16.7 Å². The van der Waals surface area contributed by atoms with Crippen LogP contribution in [0.25, 0.3) is 0 Å². The first kappa shape index (κ1) is 14.3. The standard InChI is InChI=1S/C14H29N3O/c1-12(9-14(2,15)11-18)17-8-5-13(10-17)16-6-3-4-7-16/h12-13,18H,3-11,15H2,1-2H3. The van der Waals surface area contributed by atoms with Gasteiger partial charge in [-0.3, -0.25) is 9.80 Å². The maximum atomic E-state index is 9.26. The number of nitrogens with two attached hydrogens (primary N) is 1. The summed E-state index contributed by atoms with van der Waals surface area (Å²) in [7, 11) is 0. The Morgan fingerprint density at radius 1 is 1.33 bits per heavy atom. The molecule has 2 fully saturated rings. The van der Waals surface area contributed by atoms with Crippen molar-refractivity contribution in [2.24, 2.45) is 5.73 Å². The monoisotopic (exact) mass is 255 g/mol. The van der Waals surface area contributed by atoms with Crippen LogP contribution in [0.15, 0.2) is 0 Å².